The first-order chi connectivity index (χ1) is 9.65. The average Bonchev–Trinajstić information content (AvgIpc) is 3.03. The number of amides is 1. The zero-order valence-electron chi connectivity index (χ0n) is 11.1. The second-order valence-electron chi connectivity index (χ2n) is 5.08. The summed E-state index contributed by atoms with van der Waals surface area (Å²) in [6.45, 7) is 2.47. The molecule has 1 N–H and O–H groups in total. The molecule has 0 spiro atoms. The molecule has 2 aromatic rings. The van der Waals surface area contributed by atoms with Crippen LogP contribution in [0.5, 0.6) is 0 Å². The number of nitrogens with zero attached hydrogens (tertiary/aromatic N) is 2. The number of aromatic nitrogens is 2. The van der Waals surface area contributed by atoms with Crippen molar-refractivity contribution >= 4 is 51.7 Å². The van der Waals surface area contributed by atoms with Gasteiger partial charge in [0.15, 0.2) is 4.77 Å². The Balaban J connectivity index is 1.78. The average molecular weight is 401 g/mol. The summed E-state index contributed by atoms with van der Waals surface area (Å²) < 4.78 is 3.89. The number of carbonyl (C=O) groups excluding carboxylic acids is 1. The lowest BCUT2D eigenvalue weighted by atomic mass is 10.3. The summed E-state index contributed by atoms with van der Waals surface area (Å²) in [7, 11) is 0. The Morgan fingerprint density at radius 1 is 1.35 bits per heavy atom. The van der Waals surface area contributed by atoms with E-state index >= 15 is 0 Å². The van der Waals surface area contributed by atoms with E-state index in [1.807, 2.05) is 9.47 Å². The molecule has 2 heterocycles. The molecule has 0 atom stereocenters. The van der Waals surface area contributed by atoms with E-state index in [2.05, 4.69) is 45.8 Å². The van der Waals surface area contributed by atoms with Gasteiger partial charge in [0.2, 0.25) is 5.91 Å². The van der Waals surface area contributed by atoms with E-state index in [4.69, 9.17) is 12.2 Å². The van der Waals surface area contributed by atoms with Crippen LogP contribution >= 0.6 is 34.8 Å². The van der Waals surface area contributed by atoms with Crippen LogP contribution in [0.2, 0.25) is 0 Å². The highest BCUT2D eigenvalue weighted by Crippen LogP contribution is 2.18. The molecule has 6 heteroatoms. The maximum Gasteiger partial charge on any atom is 0.224 e. The quantitative estimate of drug-likeness (QED) is 0.634. The zero-order valence-corrected chi connectivity index (χ0v) is 14.0. The normalized spacial score (nSPS) is 15.2. The maximum atomic E-state index is 12.1. The fourth-order valence-electron chi connectivity index (χ4n) is 2.69. The fourth-order valence-corrected chi connectivity index (χ4v) is 3.48. The Bertz CT molecular complexity index is 700. The van der Waals surface area contributed by atoms with Gasteiger partial charge >= 0.3 is 0 Å². The van der Waals surface area contributed by atoms with Gasteiger partial charge in [-0.1, -0.05) is 0 Å². The number of hydrogen-bond donors (Lipinski definition) is 1. The molecule has 1 aromatic carbocycles. The van der Waals surface area contributed by atoms with Crippen LogP contribution in [0.1, 0.15) is 19.3 Å². The number of fused-ring (bicyclic) bond motifs is 1. The van der Waals surface area contributed by atoms with E-state index < -0.39 is 0 Å². The Labute approximate surface area is 136 Å². The van der Waals surface area contributed by atoms with Crippen molar-refractivity contribution < 1.29 is 4.79 Å². The Morgan fingerprint density at radius 2 is 2.10 bits per heavy atom. The van der Waals surface area contributed by atoms with Crippen molar-refractivity contribution in [3.05, 3.63) is 26.5 Å². The predicted octanol–water partition coefficient (Wildman–Crippen LogP) is 3.32. The van der Waals surface area contributed by atoms with Crippen molar-refractivity contribution in [2.75, 3.05) is 13.1 Å². The number of likely N-dealkylation sites (tertiary alicyclic amines) is 1. The highest BCUT2D eigenvalue weighted by atomic mass is 127. The van der Waals surface area contributed by atoms with E-state index in [1.165, 1.54) is 3.57 Å². The summed E-state index contributed by atoms with van der Waals surface area (Å²) in [5.41, 5.74) is 2.11. The van der Waals surface area contributed by atoms with Crippen LogP contribution in [-0.2, 0) is 11.3 Å². The van der Waals surface area contributed by atoms with Crippen molar-refractivity contribution in [3.63, 3.8) is 0 Å². The van der Waals surface area contributed by atoms with Gasteiger partial charge < -0.3 is 14.5 Å². The molecule has 0 bridgehead atoms. The van der Waals surface area contributed by atoms with Gasteiger partial charge in [0.25, 0.3) is 0 Å². The van der Waals surface area contributed by atoms with Crippen molar-refractivity contribution in [1.29, 1.82) is 0 Å². The number of benzene rings is 1. The third kappa shape index (κ3) is 2.76. The first-order valence-electron chi connectivity index (χ1n) is 6.81. The Hall–Kier alpha value is -0.890. The lowest BCUT2D eigenvalue weighted by Crippen LogP contribution is -2.28. The van der Waals surface area contributed by atoms with Gasteiger partial charge in [-0.2, -0.15) is 0 Å². The van der Waals surface area contributed by atoms with Crippen LogP contribution in [0.3, 0.4) is 0 Å². The van der Waals surface area contributed by atoms with Crippen LogP contribution in [-0.4, -0.2) is 33.4 Å². The van der Waals surface area contributed by atoms with Gasteiger partial charge in [0, 0.05) is 29.6 Å². The third-order valence-electron chi connectivity index (χ3n) is 3.74. The van der Waals surface area contributed by atoms with Gasteiger partial charge in [-0.25, -0.2) is 0 Å². The number of H-pyrrole nitrogens is 1. The zero-order chi connectivity index (χ0) is 14.1. The minimum Gasteiger partial charge on any atom is -0.343 e. The lowest BCUT2D eigenvalue weighted by molar-refractivity contribution is -0.130. The van der Waals surface area contributed by atoms with E-state index in [-0.39, 0.29) is 5.91 Å². The van der Waals surface area contributed by atoms with Gasteiger partial charge in [0.1, 0.15) is 0 Å². The van der Waals surface area contributed by atoms with E-state index in [1.54, 1.807) is 0 Å². The van der Waals surface area contributed by atoms with Gasteiger partial charge in [0.05, 0.1) is 11.0 Å². The summed E-state index contributed by atoms with van der Waals surface area (Å²) in [6.07, 6.45) is 2.79. The highest BCUT2D eigenvalue weighted by molar-refractivity contribution is 14.1. The summed E-state index contributed by atoms with van der Waals surface area (Å²) >= 11 is 7.65. The van der Waals surface area contributed by atoms with Crippen LogP contribution in [0.15, 0.2) is 18.2 Å². The van der Waals surface area contributed by atoms with E-state index in [0.717, 1.165) is 37.0 Å². The molecule has 1 amide bonds. The van der Waals surface area contributed by atoms with Crippen LogP contribution in [0, 0.1) is 8.34 Å². The largest absolute Gasteiger partial charge is 0.343 e. The molecule has 0 aliphatic carbocycles. The molecule has 1 fully saturated rings. The molecule has 1 aliphatic heterocycles. The number of hydrogen-bond acceptors (Lipinski definition) is 2. The standard InChI is InChI=1S/C14H16IN3OS/c15-10-3-4-12-11(9-10)16-14(20)18(12)8-5-13(19)17-6-1-2-7-17/h3-4,9H,1-2,5-8H2,(H,16,20). The third-order valence-corrected chi connectivity index (χ3v) is 4.74. The SMILES string of the molecule is O=C(CCn1c(=S)[nH]c2cc(I)ccc21)N1CCCC1. The van der Waals surface area contributed by atoms with Crippen molar-refractivity contribution in [3.8, 4) is 0 Å². The first kappa shape index (κ1) is 14.1. The topological polar surface area (TPSA) is 41.0 Å². The monoisotopic (exact) mass is 401 g/mol. The number of carbonyl (C=O) groups is 1. The molecular weight excluding hydrogens is 385 g/mol. The van der Waals surface area contributed by atoms with Crippen LogP contribution in [0.4, 0.5) is 0 Å². The number of rotatable bonds is 3. The van der Waals surface area contributed by atoms with Gasteiger partial charge in [-0.3, -0.25) is 4.79 Å². The molecule has 1 aliphatic rings. The number of nitrogens with one attached hydrogen (secondary N) is 1. The van der Waals surface area contributed by atoms with Gasteiger partial charge in [-0.15, -0.1) is 0 Å². The summed E-state index contributed by atoms with van der Waals surface area (Å²) in [6, 6.07) is 6.19. The van der Waals surface area contributed by atoms with Crippen LogP contribution in [0.25, 0.3) is 11.0 Å². The Morgan fingerprint density at radius 3 is 2.85 bits per heavy atom. The van der Waals surface area contributed by atoms with Gasteiger partial charge in [-0.05, 0) is 65.8 Å². The van der Waals surface area contributed by atoms with Crippen molar-refractivity contribution in [2.24, 2.45) is 0 Å². The van der Waals surface area contributed by atoms with Crippen molar-refractivity contribution in [1.82, 2.24) is 14.5 Å². The van der Waals surface area contributed by atoms with E-state index in [9.17, 15) is 4.79 Å². The number of imidazole rings is 1. The number of aromatic amines is 1. The molecule has 0 unspecified atom stereocenters. The lowest BCUT2D eigenvalue weighted by Gasteiger charge is -2.15. The molecule has 4 nitrogen and oxygen atoms in total. The van der Waals surface area contributed by atoms with Crippen LogP contribution < -0.4 is 0 Å². The molecule has 1 saturated heterocycles. The number of halogens is 1. The molecule has 3 rings (SSSR count). The fraction of sp³-hybridized carbons (Fsp3) is 0.429. The molecular formula is C14H16IN3OS. The predicted molar refractivity (Wildman–Crippen MR) is 90.3 cm³/mol. The smallest absolute Gasteiger partial charge is 0.224 e. The molecule has 1 aromatic heterocycles. The molecule has 106 valence electrons. The van der Waals surface area contributed by atoms with E-state index in [0.29, 0.717) is 17.7 Å². The minimum absolute atomic E-state index is 0.240. The minimum atomic E-state index is 0.240. The Kier molecular flexibility index (Phi) is 4.11. The summed E-state index contributed by atoms with van der Waals surface area (Å²) in [5.74, 6) is 0.240. The molecule has 0 radical (unpaired) electrons. The first-order valence-corrected chi connectivity index (χ1v) is 8.30. The molecule has 0 saturated carbocycles. The van der Waals surface area contributed by atoms with Crippen molar-refractivity contribution in [2.45, 2.75) is 25.8 Å². The second-order valence-corrected chi connectivity index (χ2v) is 6.71. The summed E-state index contributed by atoms with van der Waals surface area (Å²) in [4.78, 5) is 17.3. The second kappa shape index (κ2) is 5.85. The summed E-state index contributed by atoms with van der Waals surface area (Å²) in [5, 5.41) is 0. The molecule has 20 heavy (non-hydrogen) atoms. The maximum absolute atomic E-state index is 12.1. The number of aryl methyl sites for hydroxylation is 1. The highest BCUT2D eigenvalue weighted by Gasteiger charge is 2.17.